The summed E-state index contributed by atoms with van der Waals surface area (Å²) in [7, 11) is 0. The number of pyridine rings is 2. The van der Waals surface area contributed by atoms with Gasteiger partial charge in [-0.3, -0.25) is 28.4 Å². The highest BCUT2D eigenvalue weighted by Gasteiger charge is 2.37. The van der Waals surface area contributed by atoms with E-state index in [2.05, 4.69) is 30.5 Å². The van der Waals surface area contributed by atoms with Gasteiger partial charge in [-0.15, -0.1) is 0 Å². The van der Waals surface area contributed by atoms with E-state index < -0.39 is 22.6 Å². The zero-order chi connectivity index (χ0) is 61.0. The number of nitrogens with zero attached hydrogens (tertiary/aromatic N) is 16. The summed E-state index contributed by atoms with van der Waals surface area (Å²) >= 11 is 0. The van der Waals surface area contributed by atoms with Gasteiger partial charge >= 0.3 is 0 Å². The van der Waals surface area contributed by atoms with Gasteiger partial charge < -0.3 is 34.8 Å². The third kappa shape index (κ3) is 12.2. The molecule has 86 heavy (non-hydrogen) atoms. The molecule has 10 heterocycles. The van der Waals surface area contributed by atoms with Gasteiger partial charge in [0.15, 0.2) is 5.82 Å². The minimum Gasteiger partial charge on any atom is -0.477 e. The lowest BCUT2D eigenvalue weighted by Gasteiger charge is -2.38. The maximum Gasteiger partial charge on any atom is 0.259 e. The number of carbonyl (C=O) groups is 3. The first-order valence-corrected chi connectivity index (χ1v) is 29.5. The van der Waals surface area contributed by atoms with Gasteiger partial charge in [-0.05, 0) is 137 Å². The van der Waals surface area contributed by atoms with Gasteiger partial charge in [-0.1, -0.05) is 0 Å². The zero-order valence-electron chi connectivity index (χ0n) is 50.1. The van der Waals surface area contributed by atoms with Crippen molar-refractivity contribution < 1.29 is 38.8 Å². The van der Waals surface area contributed by atoms with Crippen LogP contribution < -0.4 is 4.74 Å². The molecule has 0 spiro atoms. The second kappa shape index (κ2) is 23.4. The van der Waals surface area contributed by atoms with Crippen LogP contribution in [0.3, 0.4) is 0 Å². The van der Waals surface area contributed by atoms with Crippen LogP contribution in [0.15, 0.2) is 104 Å². The third-order valence-corrected chi connectivity index (χ3v) is 17.2. The van der Waals surface area contributed by atoms with Crippen LogP contribution in [0, 0.1) is 5.82 Å². The van der Waals surface area contributed by atoms with Crippen LogP contribution in [0.2, 0.25) is 0 Å². The molecule has 24 heteroatoms. The Kier molecular flexibility index (Phi) is 16.1. The molecule has 8 aromatic rings. The SMILES string of the molecule is C[C@@H]1CC[C@@H](n2cc(C(C)(C)O)cn2)CN1C(=O)c1cc(-c2ccn(-c3nc(CCOc4ncccc4C(=O)N4C[C@H](n5cc(C(C)(C)O)cn5)CC[C@H]4C)ccc3C(=O)N3C[C@H](n4cc(C(C)(C)O)cn4)CC[C@H]3C)n2)c(F)cc1-n1nccn1. The van der Waals surface area contributed by atoms with Crippen LogP contribution in [0.5, 0.6) is 5.88 Å². The van der Waals surface area contributed by atoms with Gasteiger partial charge in [0.25, 0.3) is 17.7 Å². The fraction of sp³-hybridized carbons (Fsp3) is 0.468. The Balaban J connectivity index is 0.893. The predicted molar refractivity (Wildman–Crippen MR) is 314 cm³/mol. The third-order valence-electron chi connectivity index (χ3n) is 17.2. The number of amides is 3. The Bertz CT molecular complexity index is 3750. The molecule has 11 rings (SSSR count). The fourth-order valence-corrected chi connectivity index (χ4v) is 11.7. The number of halogens is 1. The second-order valence-corrected chi connectivity index (χ2v) is 24.9. The van der Waals surface area contributed by atoms with Crippen LogP contribution in [-0.4, -0.2) is 156 Å². The maximum absolute atomic E-state index is 16.9. The van der Waals surface area contributed by atoms with E-state index in [0.29, 0.717) is 60.4 Å². The molecule has 3 amide bonds. The quantitative estimate of drug-likeness (QED) is 0.0844. The molecule has 0 radical (unpaired) electrons. The molecule has 452 valence electrons. The van der Waals surface area contributed by atoms with E-state index in [1.165, 1.54) is 34.0 Å². The summed E-state index contributed by atoms with van der Waals surface area (Å²) in [5, 5.41) is 59.2. The summed E-state index contributed by atoms with van der Waals surface area (Å²) in [6.07, 6.45) is 21.0. The molecule has 3 saturated heterocycles. The van der Waals surface area contributed by atoms with Gasteiger partial charge in [-0.2, -0.15) is 35.4 Å². The number of aromatic nitrogens is 13. The van der Waals surface area contributed by atoms with Gasteiger partial charge in [0, 0.05) is 109 Å². The summed E-state index contributed by atoms with van der Waals surface area (Å²) in [6.45, 7) is 17.3. The van der Waals surface area contributed by atoms with Crippen LogP contribution >= 0.6 is 0 Å². The number of aliphatic hydroxyl groups is 3. The van der Waals surface area contributed by atoms with Crippen LogP contribution in [0.25, 0.3) is 22.8 Å². The van der Waals surface area contributed by atoms with E-state index >= 15 is 14.0 Å². The van der Waals surface area contributed by atoms with Crippen molar-refractivity contribution in [3.8, 4) is 28.6 Å². The summed E-state index contributed by atoms with van der Waals surface area (Å²) in [5.41, 5.74) is 0.201. The summed E-state index contributed by atoms with van der Waals surface area (Å²) in [6, 6.07) is 10.2. The Hall–Kier alpha value is -8.48. The fourth-order valence-electron chi connectivity index (χ4n) is 11.7. The second-order valence-electron chi connectivity index (χ2n) is 24.9. The molecular weight excluding hydrogens is 1100 g/mol. The molecule has 3 fully saturated rings. The molecular formula is C62H75FN16O7. The first-order chi connectivity index (χ1) is 40.9. The lowest BCUT2D eigenvalue weighted by molar-refractivity contribution is 0.0547. The minimum absolute atomic E-state index is 0.0112. The van der Waals surface area contributed by atoms with Crippen molar-refractivity contribution in [3.05, 3.63) is 149 Å². The number of likely N-dealkylation sites (tertiary alicyclic amines) is 3. The predicted octanol–water partition coefficient (Wildman–Crippen LogP) is 7.54. The topological polar surface area (TPSA) is 259 Å². The Labute approximate surface area is 498 Å². The number of ether oxygens (including phenoxy) is 1. The number of benzene rings is 1. The molecule has 1 aromatic carbocycles. The number of hydrogen-bond acceptors (Lipinski definition) is 15. The largest absolute Gasteiger partial charge is 0.477 e. The average Bonchev–Trinajstić information content (AvgIpc) is 1.84. The normalized spacial score (nSPS) is 20.6. The molecule has 3 N–H and O–H groups in total. The summed E-state index contributed by atoms with van der Waals surface area (Å²) < 4.78 is 30.0. The van der Waals surface area contributed by atoms with Crippen molar-refractivity contribution in [2.24, 2.45) is 0 Å². The molecule has 23 nitrogen and oxygen atoms in total. The van der Waals surface area contributed by atoms with E-state index in [9.17, 15) is 20.1 Å². The van der Waals surface area contributed by atoms with Gasteiger partial charge in [0.05, 0.1) is 89.3 Å². The van der Waals surface area contributed by atoms with E-state index in [1.807, 2.05) is 42.7 Å². The number of rotatable bonds is 16. The summed E-state index contributed by atoms with van der Waals surface area (Å²) in [5.74, 6) is -1.30. The number of carbonyl (C=O) groups excluding carboxylic acids is 3. The van der Waals surface area contributed by atoms with Crippen molar-refractivity contribution in [1.29, 1.82) is 0 Å². The van der Waals surface area contributed by atoms with Crippen LogP contribution in [0.4, 0.5) is 4.39 Å². The Morgan fingerprint density at radius 3 is 1.58 bits per heavy atom. The van der Waals surface area contributed by atoms with E-state index in [4.69, 9.17) is 14.8 Å². The van der Waals surface area contributed by atoms with E-state index in [1.54, 1.807) is 128 Å². The molecule has 0 aliphatic carbocycles. The van der Waals surface area contributed by atoms with Crippen molar-refractivity contribution in [2.45, 2.75) is 160 Å². The average molecular weight is 1180 g/mol. The first-order valence-electron chi connectivity index (χ1n) is 29.5. The Morgan fingerprint density at radius 1 is 0.605 bits per heavy atom. The molecule has 3 aliphatic rings. The van der Waals surface area contributed by atoms with Gasteiger partial charge in [0.2, 0.25) is 5.88 Å². The van der Waals surface area contributed by atoms with Crippen molar-refractivity contribution in [1.82, 2.24) is 78.8 Å². The highest BCUT2D eigenvalue weighted by atomic mass is 19.1. The lowest BCUT2D eigenvalue weighted by Crippen LogP contribution is -2.46. The molecule has 0 saturated carbocycles. The molecule has 7 aromatic heterocycles. The van der Waals surface area contributed by atoms with Crippen LogP contribution in [0.1, 0.15) is 172 Å². The smallest absolute Gasteiger partial charge is 0.259 e. The minimum atomic E-state index is -1.11. The first kappa shape index (κ1) is 59.3. The lowest BCUT2D eigenvalue weighted by atomic mass is 9.97. The standard InChI is InChI=1S/C62H75FN16O7/c1-38-12-16-45(76-32-41(29-67-76)60(4,5)83)35-72(38)57(80)48-19-15-44(21-26-86-56-49(11-10-22-64-56)58(81)73-36-46(17-13-39(73)2)77-33-42(30-68-77)61(6,7)84)70-55(48)75-25-20-53(71-75)50-27-51(54(28-52(50)63)79-65-23-24-66-79)59(82)74-37-47(18-14-40(74)3)78-34-43(31-69-78)62(8,9)85/h10-11,15,19-20,22-25,27-34,38-40,45-47,83-85H,12-14,16-18,21,26,35-37H2,1-9H3/t38-,39-,40-,45-,46-,47-/m1/s1. The van der Waals surface area contributed by atoms with E-state index in [0.717, 1.165) is 25.7 Å². The van der Waals surface area contributed by atoms with Crippen molar-refractivity contribution in [3.63, 3.8) is 0 Å². The number of piperidine rings is 3. The molecule has 3 aliphatic heterocycles. The summed E-state index contributed by atoms with van der Waals surface area (Å²) in [4.78, 5) is 60.7. The van der Waals surface area contributed by atoms with Crippen LogP contribution in [-0.2, 0) is 23.2 Å². The Morgan fingerprint density at radius 2 is 1.09 bits per heavy atom. The number of hydrogen-bond donors (Lipinski definition) is 3. The monoisotopic (exact) mass is 1170 g/mol. The molecule has 0 unspecified atom stereocenters. The van der Waals surface area contributed by atoms with Gasteiger partial charge in [0.1, 0.15) is 17.1 Å². The van der Waals surface area contributed by atoms with Gasteiger partial charge in [-0.25, -0.2) is 19.0 Å². The van der Waals surface area contributed by atoms with E-state index in [-0.39, 0.29) is 107 Å². The highest BCUT2D eigenvalue weighted by molar-refractivity contribution is 6.00. The van der Waals surface area contributed by atoms with Crippen molar-refractivity contribution >= 4 is 17.7 Å². The molecule has 6 atom stereocenters. The van der Waals surface area contributed by atoms with Crippen molar-refractivity contribution in [2.75, 3.05) is 26.2 Å². The maximum atomic E-state index is 16.9. The zero-order valence-corrected chi connectivity index (χ0v) is 50.1. The highest BCUT2D eigenvalue weighted by Crippen LogP contribution is 2.36. The molecule has 0 bridgehead atoms.